The second-order valence-corrected chi connectivity index (χ2v) is 5.17. The number of anilines is 1. The first kappa shape index (κ1) is 11.9. The van der Waals surface area contributed by atoms with E-state index < -0.39 is 0 Å². The molecular weight excluding hydrogens is 260 g/mol. The molecule has 2 heterocycles. The lowest BCUT2D eigenvalue weighted by Gasteiger charge is -2.13. The molecule has 0 aliphatic heterocycles. The zero-order valence-corrected chi connectivity index (χ0v) is 11.6. The van der Waals surface area contributed by atoms with Gasteiger partial charge < -0.3 is 5.73 Å². The Balaban J connectivity index is 2.23. The number of benzene rings is 2. The molecule has 4 heteroatoms. The number of hydrogen-bond donors (Lipinski definition) is 1. The molecule has 0 aliphatic carbocycles. The number of pyridine rings is 1. The largest absolute Gasteiger partial charge is 0.399 e. The van der Waals surface area contributed by atoms with Crippen LogP contribution in [-0.2, 0) is 0 Å². The number of rotatable bonds is 1. The lowest BCUT2D eigenvalue weighted by Crippen LogP contribution is -1.96. The van der Waals surface area contributed by atoms with Crippen LogP contribution in [0.4, 0.5) is 5.69 Å². The molecule has 0 radical (unpaired) electrons. The van der Waals surface area contributed by atoms with Crippen LogP contribution in [-0.4, -0.2) is 14.6 Å². The summed E-state index contributed by atoms with van der Waals surface area (Å²) in [6, 6.07) is 16.2. The molecule has 0 saturated heterocycles. The third kappa shape index (κ3) is 1.69. The molecule has 0 spiro atoms. The topological polar surface area (TPSA) is 56.2 Å². The zero-order valence-electron chi connectivity index (χ0n) is 11.6. The summed E-state index contributed by atoms with van der Waals surface area (Å²) >= 11 is 0. The van der Waals surface area contributed by atoms with Crippen molar-refractivity contribution in [3.05, 3.63) is 60.4 Å². The van der Waals surface area contributed by atoms with Crippen LogP contribution in [0.2, 0.25) is 0 Å². The normalized spacial score (nSPS) is 11.3. The van der Waals surface area contributed by atoms with Gasteiger partial charge in [0.25, 0.3) is 0 Å². The van der Waals surface area contributed by atoms with Gasteiger partial charge in [-0.1, -0.05) is 30.3 Å². The fraction of sp³-hybridized carbons (Fsp3) is 0.0588. The molecule has 0 bridgehead atoms. The van der Waals surface area contributed by atoms with Gasteiger partial charge in [0.1, 0.15) is 6.33 Å². The van der Waals surface area contributed by atoms with E-state index in [1.165, 1.54) is 5.56 Å². The zero-order chi connectivity index (χ0) is 14.4. The van der Waals surface area contributed by atoms with Crippen LogP contribution in [0.25, 0.3) is 27.7 Å². The lowest BCUT2D eigenvalue weighted by atomic mass is 9.98. The fourth-order valence-electron chi connectivity index (χ4n) is 2.90. The van der Waals surface area contributed by atoms with Gasteiger partial charge in [0.15, 0.2) is 5.65 Å². The summed E-state index contributed by atoms with van der Waals surface area (Å²) in [5.41, 5.74) is 12.1. The van der Waals surface area contributed by atoms with Crippen molar-refractivity contribution >= 4 is 22.2 Å². The van der Waals surface area contributed by atoms with Crippen LogP contribution in [0.15, 0.2) is 54.9 Å². The lowest BCUT2D eigenvalue weighted by molar-refractivity contribution is 1.11. The predicted molar refractivity (Wildman–Crippen MR) is 85.1 cm³/mol. The van der Waals surface area contributed by atoms with E-state index in [2.05, 4.69) is 29.3 Å². The van der Waals surface area contributed by atoms with Crippen molar-refractivity contribution in [1.82, 2.24) is 14.6 Å². The molecule has 0 amide bonds. The molecule has 0 unspecified atom stereocenters. The molecule has 4 aromatic rings. The smallest absolute Gasteiger partial charge is 0.169 e. The van der Waals surface area contributed by atoms with Crippen molar-refractivity contribution in [2.45, 2.75) is 6.92 Å². The Kier molecular flexibility index (Phi) is 2.44. The molecule has 21 heavy (non-hydrogen) atoms. The van der Waals surface area contributed by atoms with Crippen molar-refractivity contribution < 1.29 is 0 Å². The highest BCUT2D eigenvalue weighted by molar-refractivity contribution is 5.96. The highest BCUT2D eigenvalue weighted by Gasteiger charge is 2.14. The maximum absolute atomic E-state index is 5.96. The molecular formula is C17H14N4. The van der Waals surface area contributed by atoms with Crippen LogP contribution in [0, 0.1) is 6.92 Å². The Morgan fingerprint density at radius 3 is 2.67 bits per heavy atom. The summed E-state index contributed by atoms with van der Waals surface area (Å²) in [6.45, 7) is 2.11. The molecule has 0 atom stereocenters. The Morgan fingerprint density at radius 1 is 1.05 bits per heavy atom. The van der Waals surface area contributed by atoms with Gasteiger partial charge in [0.05, 0.1) is 5.52 Å². The minimum atomic E-state index is 0.761. The summed E-state index contributed by atoms with van der Waals surface area (Å²) in [4.78, 5) is 0. The third-order valence-electron chi connectivity index (χ3n) is 3.89. The number of aromatic nitrogens is 3. The van der Waals surface area contributed by atoms with Gasteiger partial charge in [-0.25, -0.2) is 0 Å². The van der Waals surface area contributed by atoms with Crippen LogP contribution in [0.1, 0.15) is 5.56 Å². The molecule has 4 nitrogen and oxygen atoms in total. The van der Waals surface area contributed by atoms with Crippen molar-refractivity contribution in [2.24, 2.45) is 0 Å². The first-order valence-electron chi connectivity index (χ1n) is 6.82. The van der Waals surface area contributed by atoms with Gasteiger partial charge >= 0.3 is 0 Å². The summed E-state index contributed by atoms with van der Waals surface area (Å²) in [6.07, 6.45) is 1.75. The van der Waals surface area contributed by atoms with E-state index in [1.54, 1.807) is 6.33 Å². The van der Waals surface area contributed by atoms with Gasteiger partial charge in [0.2, 0.25) is 0 Å². The molecule has 0 aliphatic rings. The number of nitrogen functional groups attached to an aromatic ring is 1. The molecule has 2 aromatic carbocycles. The molecule has 102 valence electrons. The molecule has 4 rings (SSSR count). The second kappa shape index (κ2) is 4.31. The molecule has 2 N–H and O–H groups in total. The summed E-state index contributed by atoms with van der Waals surface area (Å²) in [7, 11) is 0. The van der Waals surface area contributed by atoms with Gasteiger partial charge in [-0.3, -0.25) is 4.40 Å². The van der Waals surface area contributed by atoms with E-state index >= 15 is 0 Å². The van der Waals surface area contributed by atoms with E-state index in [1.807, 2.05) is 40.8 Å². The fourth-order valence-corrected chi connectivity index (χ4v) is 2.90. The van der Waals surface area contributed by atoms with Gasteiger partial charge in [-0.2, -0.15) is 0 Å². The minimum absolute atomic E-state index is 0.761. The standard InChI is InChI=1S/C17H14N4/c1-11-14-9-13(18)7-8-15(14)21-10-19-20-17(21)16(11)12-5-3-2-4-6-12/h2-10H,18H2,1H3. The Labute approximate surface area is 121 Å². The maximum Gasteiger partial charge on any atom is 0.169 e. The average Bonchev–Trinajstić information content (AvgIpc) is 2.98. The minimum Gasteiger partial charge on any atom is -0.399 e. The van der Waals surface area contributed by atoms with Gasteiger partial charge in [-0.15, -0.1) is 10.2 Å². The van der Waals surface area contributed by atoms with Crippen molar-refractivity contribution in [3.8, 4) is 11.1 Å². The summed E-state index contributed by atoms with van der Waals surface area (Å²) in [5, 5.41) is 9.52. The number of nitrogens with two attached hydrogens (primary N) is 1. The first-order valence-corrected chi connectivity index (χ1v) is 6.82. The van der Waals surface area contributed by atoms with E-state index in [0.29, 0.717) is 0 Å². The second-order valence-electron chi connectivity index (χ2n) is 5.17. The summed E-state index contributed by atoms with van der Waals surface area (Å²) in [5.74, 6) is 0. The number of nitrogens with zero attached hydrogens (tertiary/aromatic N) is 3. The van der Waals surface area contributed by atoms with Crippen LogP contribution in [0.5, 0.6) is 0 Å². The van der Waals surface area contributed by atoms with Gasteiger partial charge in [0, 0.05) is 16.6 Å². The van der Waals surface area contributed by atoms with Crippen LogP contribution in [0.3, 0.4) is 0 Å². The predicted octanol–water partition coefficient (Wildman–Crippen LogP) is 3.44. The Hall–Kier alpha value is -2.88. The maximum atomic E-state index is 5.96. The monoisotopic (exact) mass is 274 g/mol. The summed E-state index contributed by atoms with van der Waals surface area (Å²) < 4.78 is 2.02. The van der Waals surface area contributed by atoms with E-state index in [-0.39, 0.29) is 0 Å². The highest BCUT2D eigenvalue weighted by atomic mass is 15.2. The first-order chi connectivity index (χ1) is 10.3. The molecule has 0 fully saturated rings. The number of hydrogen-bond acceptors (Lipinski definition) is 3. The average molecular weight is 274 g/mol. The Bertz CT molecular complexity index is 955. The highest BCUT2D eigenvalue weighted by Crippen LogP contribution is 2.33. The van der Waals surface area contributed by atoms with Crippen molar-refractivity contribution in [2.75, 3.05) is 5.73 Å². The third-order valence-corrected chi connectivity index (χ3v) is 3.89. The Morgan fingerprint density at radius 2 is 1.86 bits per heavy atom. The van der Waals surface area contributed by atoms with E-state index in [9.17, 15) is 0 Å². The number of fused-ring (bicyclic) bond motifs is 3. The van der Waals surface area contributed by atoms with Crippen molar-refractivity contribution in [1.29, 1.82) is 0 Å². The number of aryl methyl sites for hydroxylation is 1. The quantitative estimate of drug-likeness (QED) is 0.541. The van der Waals surface area contributed by atoms with Crippen LogP contribution >= 0.6 is 0 Å². The molecule has 0 saturated carbocycles. The SMILES string of the molecule is Cc1c(-c2ccccc2)c2nncn2c2ccc(N)cc12. The van der Waals surface area contributed by atoms with E-state index in [4.69, 9.17) is 5.73 Å². The van der Waals surface area contributed by atoms with Gasteiger partial charge in [-0.05, 0) is 36.2 Å². The molecule has 2 aromatic heterocycles. The van der Waals surface area contributed by atoms with Crippen LogP contribution < -0.4 is 5.73 Å². The van der Waals surface area contributed by atoms with E-state index in [0.717, 1.165) is 33.4 Å². The van der Waals surface area contributed by atoms with Crippen molar-refractivity contribution in [3.63, 3.8) is 0 Å².